The predicted octanol–water partition coefficient (Wildman–Crippen LogP) is 7.36. The smallest absolute Gasteiger partial charge is 0.246 e. The standard InChI is InChI=1S/C16H12ClFN2O2.C16H12ClFN2OS/c1-22-14-7-13-10(6-12(14)18)16(19-8-15(21)20-13)9-4-2-3-5-11(9)17;1-21-14-7-13-10(6-12(14)18)16(19-8-15(22)20-13)9-4-2-3-5-11(9)17/h2-7H,8H2,1H3,(H,20,21);2-7H,8H2,1H3,(H,20,22). The predicted molar refractivity (Wildman–Crippen MR) is 175 cm³/mol. The number of amides is 1. The number of nitrogens with one attached hydrogen (secondary N) is 2. The van der Waals surface area contributed by atoms with E-state index in [1.54, 1.807) is 30.3 Å². The summed E-state index contributed by atoms with van der Waals surface area (Å²) >= 11 is 17.7. The van der Waals surface area contributed by atoms with Gasteiger partial charge in [-0.3, -0.25) is 14.8 Å². The second-order valence-electron chi connectivity index (χ2n) is 9.45. The molecule has 4 aromatic rings. The molecule has 0 saturated heterocycles. The van der Waals surface area contributed by atoms with Crippen LogP contribution in [0.5, 0.6) is 11.5 Å². The third-order valence-electron chi connectivity index (χ3n) is 6.66. The normalized spacial score (nSPS) is 13.8. The molecule has 1 amide bonds. The highest BCUT2D eigenvalue weighted by Gasteiger charge is 2.23. The van der Waals surface area contributed by atoms with Gasteiger partial charge in [0, 0.05) is 44.4 Å². The van der Waals surface area contributed by atoms with Gasteiger partial charge in [-0.05, 0) is 24.3 Å². The number of rotatable bonds is 4. The number of benzene rings is 4. The third kappa shape index (κ3) is 6.57. The molecule has 2 aliphatic heterocycles. The Labute approximate surface area is 267 Å². The molecule has 0 spiro atoms. The molecule has 0 radical (unpaired) electrons. The number of fused-ring (bicyclic) bond motifs is 2. The van der Waals surface area contributed by atoms with Gasteiger partial charge in [0.05, 0.1) is 43.6 Å². The van der Waals surface area contributed by atoms with Gasteiger partial charge in [0.2, 0.25) is 5.91 Å². The largest absolute Gasteiger partial charge is 0.494 e. The molecule has 44 heavy (non-hydrogen) atoms. The Balaban J connectivity index is 0.000000175. The summed E-state index contributed by atoms with van der Waals surface area (Å²) in [6, 6.07) is 20.1. The Morgan fingerprint density at radius 3 is 1.64 bits per heavy atom. The van der Waals surface area contributed by atoms with Crippen molar-refractivity contribution in [3.63, 3.8) is 0 Å². The summed E-state index contributed by atoms with van der Waals surface area (Å²) in [5.41, 5.74) is 4.63. The molecule has 0 unspecified atom stereocenters. The molecule has 4 aromatic carbocycles. The minimum absolute atomic E-state index is 0.0551. The van der Waals surface area contributed by atoms with Crippen molar-refractivity contribution in [2.75, 3.05) is 37.9 Å². The number of nitrogens with zero attached hydrogens (tertiary/aromatic N) is 2. The van der Waals surface area contributed by atoms with Gasteiger partial charge in [0.1, 0.15) is 11.5 Å². The van der Waals surface area contributed by atoms with Crippen LogP contribution in [0.2, 0.25) is 10.0 Å². The number of hydrogen-bond donors (Lipinski definition) is 2. The van der Waals surface area contributed by atoms with Crippen molar-refractivity contribution in [3.05, 3.63) is 117 Å². The van der Waals surface area contributed by atoms with Crippen LogP contribution in [0.4, 0.5) is 20.2 Å². The summed E-state index contributed by atoms with van der Waals surface area (Å²) in [6.07, 6.45) is 0. The number of carbonyl (C=O) groups excluding carboxylic acids is 1. The van der Waals surface area contributed by atoms with Crippen LogP contribution in [-0.2, 0) is 4.79 Å². The van der Waals surface area contributed by atoms with Crippen molar-refractivity contribution in [1.29, 1.82) is 0 Å². The Morgan fingerprint density at radius 2 is 1.16 bits per heavy atom. The van der Waals surface area contributed by atoms with E-state index in [9.17, 15) is 13.6 Å². The second kappa shape index (κ2) is 13.5. The fraction of sp³-hybridized carbons (Fsp3) is 0.125. The molecular formula is C32H24Cl2F2N4O3S. The average Bonchev–Trinajstić information content (AvgIpc) is 3.27. The molecule has 0 aliphatic carbocycles. The minimum atomic E-state index is -0.530. The molecule has 2 aliphatic rings. The molecule has 2 N–H and O–H groups in total. The molecule has 0 saturated carbocycles. The van der Waals surface area contributed by atoms with E-state index in [4.69, 9.17) is 44.9 Å². The number of thiocarbonyl (C=S) groups is 1. The lowest BCUT2D eigenvalue weighted by Gasteiger charge is -2.13. The van der Waals surface area contributed by atoms with E-state index in [0.29, 0.717) is 61.1 Å². The second-order valence-corrected chi connectivity index (χ2v) is 10.8. The Morgan fingerprint density at radius 1 is 0.705 bits per heavy atom. The highest BCUT2D eigenvalue weighted by atomic mass is 35.5. The van der Waals surface area contributed by atoms with E-state index in [1.165, 1.54) is 32.4 Å². The molecule has 12 heteroatoms. The van der Waals surface area contributed by atoms with E-state index in [2.05, 4.69) is 20.6 Å². The van der Waals surface area contributed by atoms with E-state index in [-0.39, 0.29) is 24.0 Å². The summed E-state index contributed by atoms with van der Waals surface area (Å²) in [6.45, 7) is 0.258. The molecule has 6 rings (SSSR count). The fourth-order valence-electron chi connectivity index (χ4n) is 4.64. The lowest BCUT2D eigenvalue weighted by atomic mass is 10.00. The quantitative estimate of drug-likeness (QED) is 0.225. The minimum Gasteiger partial charge on any atom is -0.494 e. The van der Waals surface area contributed by atoms with Gasteiger partial charge in [0.15, 0.2) is 23.1 Å². The highest BCUT2D eigenvalue weighted by Crippen LogP contribution is 2.33. The van der Waals surface area contributed by atoms with Crippen LogP contribution in [0, 0.1) is 11.6 Å². The number of methoxy groups -OCH3 is 2. The summed E-state index contributed by atoms with van der Waals surface area (Å²) in [7, 11) is 2.79. The Kier molecular flexibility index (Phi) is 9.53. The van der Waals surface area contributed by atoms with Crippen LogP contribution in [0.1, 0.15) is 22.3 Å². The van der Waals surface area contributed by atoms with E-state index < -0.39 is 11.6 Å². The van der Waals surface area contributed by atoms with Crippen molar-refractivity contribution < 1.29 is 23.0 Å². The molecule has 2 heterocycles. The number of carbonyl (C=O) groups is 1. The SMILES string of the molecule is COc1cc2c(cc1F)C(c1ccccc1Cl)=NCC(=O)N2.COc1cc2c(cc1F)C(c1ccccc1Cl)=NCC(=S)N2. The Bertz CT molecular complexity index is 1720. The zero-order chi connectivity index (χ0) is 31.4. The van der Waals surface area contributed by atoms with Crippen LogP contribution in [-0.4, -0.2) is 49.6 Å². The van der Waals surface area contributed by atoms with Crippen LogP contribution in [0.15, 0.2) is 82.8 Å². The number of aliphatic imine (C=N–C) groups is 2. The van der Waals surface area contributed by atoms with Gasteiger partial charge >= 0.3 is 0 Å². The van der Waals surface area contributed by atoms with Crippen LogP contribution < -0.4 is 20.1 Å². The van der Waals surface area contributed by atoms with E-state index >= 15 is 0 Å². The maximum Gasteiger partial charge on any atom is 0.246 e. The summed E-state index contributed by atoms with van der Waals surface area (Å²) < 4.78 is 38.2. The maximum absolute atomic E-state index is 14.1. The van der Waals surface area contributed by atoms with Crippen molar-refractivity contribution in [1.82, 2.24) is 0 Å². The van der Waals surface area contributed by atoms with Gasteiger partial charge in [0.25, 0.3) is 0 Å². The third-order valence-corrected chi connectivity index (χ3v) is 7.55. The van der Waals surface area contributed by atoms with E-state index in [0.717, 1.165) is 5.56 Å². The first-order chi connectivity index (χ1) is 21.2. The molecule has 0 bridgehead atoms. The number of ether oxygens (including phenoxy) is 2. The van der Waals surface area contributed by atoms with Crippen molar-refractivity contribution in [2.24, 2.45) is 9.98 Å². The van der Waals surface area contributed by atoms with E-state index in [1.807, 2.05) is 24.3 Å². The Hall–Kier alpha value is -4.38. The first-order valence-electron chi connectivity index (χ1n) is 13.1. The lowest BCUT2D eigenvalue weighted by molar-refractivity contribution is -0.114. The number of anilines is 2. The molecule has 0 atom stereocenters. The van der Waals surface area contributed by atoms with Gasteiger partial charge in [-0.1, -0.05) is 71.8 Å². The maximum atomic E-state index is 14.1. The summed E-state index contributed by atoms with van der Waals surface area (Å²) in [5, 5.41) is 6.81. The number of benzodiazepines with no additional fused rings is 2. The van der Waals surface area contributed by atoms with Crippen molar-refractivity contribution >= 4 is 69.1 Å². The van der Waals surface area contributed by atoms with Gasteiger partial charge in [-0.2, -0.15) is 0 Å². The zero-order valence-electron chi connectivity index (χ0n) is 23.4. The highest BCUT2D eigenvalue weighted by molar-refractivity contribution is 7.80. The first-order valence-corrected chi connectivity index (χ1v) is 14.3. The summed E-state index contributed by atoms with van der Waals surface area (Å²) in [5.74, 6) is -1.07. The topological polar surface area (TPSA) is 84.3 Å². The van der Waals surface area contributed by atoms with Crippen LogP contribution >= 0.6 is 35.4 Å². The van der Waals surface area contributed by atoms with Crippen molar-refractivity contribution in [3.8, 4) is 11.5 Å². The monoisotopic (exact) mass is 652 g/mol. The summed E-state index contributed by atoms with van der Waals surface area (Å²) in [4.78, 5) is 21.1. The van der Waals surface area contributed by atoms with Gasteiger partial charge in [-0.25, -0.2) is 8.78 Å². The molecular weight excluding hydrogens is 629 g/mol. The van der Waals surface area contributed by atoms with Gasteiger partial charge < -0.3 is 20.1 Å². The molecule has 7 nitrogen and oxygen atoms in total. The molecule has 0 aromatic heterocycles. The van der Waals surface area contributed by atoms with Crippen molar-refractivity contribution in [2.45, 2.75) is 0 Å². The fourth-order valence-corrected chi connectivity index (χ4v) is 5.26. The number of hydrogen-bond acceptors (Lipinski definition) is 6. The van der Waals surface area contributed by atoms with Gasteiger partial charge in [-0.15, -0.1) is 0 Å². The average molecular weight is 654 g/mol. The van der Waals surface area contributed by atoms with Crippen LogP contribution in [0.3, 0.4) is 0 Å². The molecule has 0 fully saturated rings. The first kappa shape index (κ1) is 31.1. The lowest BCUT2D eigenvalue weighted by Crippen LogP contribution is -2.13. The number of halogens is 4. The molecule has 224 valence electrons. The van der Waals surface area contributed by atoms with Crippen LogP contribution in [0.25, 0.3) is 0 Å². The zero-order valence-corrected chi connectivity index (χ0v) is 25.7.